The first-order chi connectivity index (χ1) is 13.4. The Labute approximate surface area is 167 Å². The molecule has 0 aliphatic heterocycles. The van der Waals surface area contributed by atoms with Crippen molar-refractivity contribution in [2.75, 3.05) is 0 Å². The van der Waals surface area contributed by atoms with Crippen LogP contribution in [-0.4, -0.2) is 15.9 Å². The lowest BCUT2D eigenvalue weighted by Gasteiger charge is -2.17. The van der Waals surface area contributed by atoms with E-state index in [2.05, 4.69) is 22.1 Å². The van der Waals surface area contributed by atoms with Crippen LogP contribution in [0.15, 0.2) is 23.0 Å². The Kier molecular flexibility index (Phi) is 5.06. The van der Waals surface area contributed by atoms with Gasteiger partial charge < -0.3 is 9.72 Å². The van der Waals surface area contributed by atoms with Crippen LogP contribution in [0.5, 0.6) is 0 Å². The first kappa shape index (κ1) is 18.9. The average Bonchev–Trinajstić information content (AvgIpc) is 2.95. The molecule has 5 nitrogen and oxygen atoms in total. The monoisotopic (exact) mass is 396 g/mol. The third-order valence-corrected chi connectivity index (χ3v) is 6.61. The number of hydrogen-bond donors (Lipinski definition) is 1. The zero-order chi connectivity index (χ0) is 19.8. The number of nitrogens with zero attached hydrogens (tertiary/aromatic N) is 1. The predicted molar refractivity (Wildman–Crippen MR) is 111 cm³/mol. The van der Waals surface area contributed by atoms with Gasteiger partial charge in [0.05, 0.1) is 11.8 Å². The fourth-order valence-corrected chi connectivity index (χ4v) is 4.86. The van der Waals surface area contributed by atoms with Gasteiger partial charge in [-0.2, -0.15) is 0 Å². The lowest BCUT2D eigenvalue weighted by molar-refractivity contribution is -0.148. The quantitative estimate of drug-likeness (QED) is 0.667. The molecule has 1 atom stereocenters. The molecule has 1 N–H and O–H groups in total. The number of H-pyrrole nitrogens is 1. The molecule has 2 heterocycles. The number of fused-ring (bicyclic) bond motifs is 2. The van der Waals surface area contributed by atoms with E-state index in [1.54, 1.807) is 6.92 Å². The van der Waals surface area contributed by atoms with Crippen molar-refractivity contribution in [2.24, 2.45) is 0 Å². The van der Waals surface area contributed by atoms with Gasteiger partial charge in [0.15, 0.2) is 11.9 Å². The number of hydrogen-bond acceptors (Lipinski definition) is 5. The van der Waals surface area contributed by atoms with Crippen molar-refractivity contribution in [2.45, 2.75) is 59.0 Å². The molecule has 0 unspecified atom stereocenters. The summed E-state index contributed by atoms with van der Waals surface area (Å²) in [5.74, 6) is 0.0714. The second kappa shape index (κ2) is 7.51. The number of aromatic amines is 1. The topological polar surface area (TPSA) is 72.0 Å². The van der Waals surface area contributed by atoms with Gasteiger partial charge in [-0.15, -0.1) is 11.3 Å². The number of carbonyl (C=O) groups excluding carboxylic acids is 1. The zero-order valence-electron chi connectivity index (χ0n) is 16.4. The largest absolute Gasteiger partial charge is 0.454 e. The number of ether oxygens (including phenoxy) is 1. The summed E-state index contributed by atoms with van der Waals surface area (Å²) in [5, 5.41) is 0.624. The van der Waals surface area contributed by atoms with Gasteiger partial charge in [0.1, 0.15) is 4.83 Å². The Hall–Kier alpha value is -2.47. The van der Waals surface area contributed by atoms with E-state index < -0.39 is 6.10 Å². The van der Waals surface area contributed by atoms with Crippen LogP contribution in [0.4, 0.5) is 0 Å². The van der Waals surface area contributed by atoms with Crippen molar-refractivity contribution in [3.05, 3.63) is 61.5 Å². The number of aryl methyl sites for hydroxylation is 4. The van der Waals surface area contributed by atoms with E-state index >= 15 is 0 Å². The summed E-state index contributed by atoms with van der Waals surface area (Å²) in [5.41, 5.74) is 4.49. The second-order valence-electron chi connectivity index (χ2n) is 7.53. The maximum absolute atomic E-state index is 12.4. The van der Waals surface area contributed by atoms with Crippen LogP contribution in [0.3, 0.4) is 0 Å². The van der Waals surface area contributed by atoms with E-state index in [1.807, 2.05) is 19.9 Å². The van der Waals surface area contributed by atoms with E-state index in [0.717, 1.165) is 28.8 Å². The fraction of sp³-hybridized carbons (Fsp3) is 0.409. The van der Waals surface area contributed by atoms with Gasteiger partial charge in [0.25, 0.3) is 5.56 Å². The standard InChI is InChI=1S/C22H24N2O3S/c1-12-14(3)28-22-19(12)21(26)23-20(24-22)13(2)27-18(25)11-15-8-9-16-6-4-5-7-17(16)10-15/h8-10,13H,4-7,11H2,1-3H3,(H,23,24,26)/t13-/m0/s1. The molecule has 4 rings (SSSR count). The van der Waals surface area contributed by atoms with E-state index in [9.17, 15) is 9.59 Å². The molecule has 0 fully saturated rings. The number of nitrogens with one attached hydrogen (secondary N) is 1. The third kappa shape index (κ3) is 3.61. The molecule has 28 heavy (non-hydrogen) atoms. The van der Waals surface area contributed by atoms with Crippen LogP contribution in [0.2, 0.25) is 0 Å². The van der Waals surface area contributed by atoms with Crippen molar-refractivity contribution in [1.29, 1.82) is 0 Å². The van der Waals surface area contributed by atoms with Crippen LogP contribution in [0.25, 0.3) is 10.2 Å². The Morgan fingerprint density at radius 2 is 2.00 bits per heavy atom. The molecule has 0 bridgehead atoms. The van der Waals surface area contributed by atoms with Crippen LogP contribution < -0.4 is 5.56 Å². The molecule has 0 amide bonds. The molecule has 3 aromatic rings. The first-order valence-electron chi connectivity index (χ1n) is 9.72. The van der Waals surface area contributed by atoms with Gasteiger partial charge in [-0.05, 0) is 68.7 Å². The number of thiophene rings is 1. The minimum Gasteiger partial charge on any atom is -0.454 e. The minimum atomic E-state index is -0.607. The van der Waals surface area contributed by atoms with Gasteiger partial charge >= 0.3 is 5.97 Å². The highest BCUT2D eigenvalue weighted by Gasteiger charge is 2.19. The van der Waals surface area contributed by atoms with Crippen LogP contribution in [0.1, 0.15) is 58.8 Å². The highest BCUT2D eigenvalue weighted by Crippen LogP contribution is 2.27. The number of esters is 1. The highest BCUT2D eigenvalue weighted by molar-refractivity contribution is 7.18. The number of carbonyl (C=O) groups is 1. The van der Waals surface area contributed by atoms with E-state index in [1.165, 1.54) is 35.3 Å². The average molecular weight is 397 g/mol. The first-order valence-corrected chi connectivity index (χ1v) is 10.5. The Bertz CT molecular complexity index is 1110. The van der Waals surface area contributed by atoms with Crippen LogP contribution in [-0.2, 0) is 28.8 Å². The summed E-state index contributed by atoms with van der Waals surface area (Å²) in [6.45, 7) is 5.64. The highest BCUT2D eigenvalue weighted by atomic mass is 32.1. The summed E-state index contributed by atoms with van der Waals surface area (Å²) in [6.07, 6.45) is 4.28. The van der Waals surface area contributed by atoms with Crippen molar-refractivity contribution in [1.82, 2.24) is 9.97 Å². The normalized spacial score (nSPS) is 14.7. The van der Waals surface area contributed by atoms with Crippen molar-refractivity contribution in [3.63, 3.8) is 0 Å². The van der Waals surface area contributed by atoms with Gasteiger partial charge in [0, 0.05) is 4.88 Å². The third-order valence-electron chi connectivity index (χ3n) is 5.51. The molecule has 6 heteroatoms. The lowest BCUT2D eigenvalue weighted by Crippen LogP contribution is -2.18. The smallest absolute Gasteiger partial charge is 0.310 e. The Morgan fingerprint density at radius 3 is 2.79 bits per heavy atom. The summed E-state index contributed by atoms with van der Waals surface area (Å²) in [4.78, 5) is 33.9. The minimum absolute atomic E-state index is 0.181. The van der Waals surface area contributed by atoms with Gasteiger partial charge in [-0.25, -0.2) is 4.98 Å². The second-order valence-corrected chi connectivity index (χ2v) is 8.74. The van der Waals surface area contributed by atoms with Crippen molar-refractivity contribution >= 4 is 27.5 Å². The summed E-state index contributed by atoms with van der Waals surface area (Å²) in [7, 11) is 0. The molecule has 1 aliphatic rings. The predicted octanol–water partition coefficient (Wildman–Crippen LogP) is 4.33. The molecule has 0 saturated heterocycles. The Balaban J connectivity index is 1.49. The van der Waals surface area contributed by atoms with Gasteiger partial charge in [-0.1, -0.05) is 18.2 Å². The van der Waals surface area contributed by atoms with Gasteiger partial charge in [0.2, 0.25) is 0 Å². The maximum Gasteiger partial charge on any atom is 0.310 e. The van der Waals surface area contributed by atoms with E-state index in [4.69, 9.17) is 4.74 Å². The number of benzene rings is 1. The number of rotatable bonds is 4. The molecular weight excluding hydrogens is 372 g/mol. The van der Waals surface area contributed by atoms with Crippen molar-refractivity contribution in [3.8, 4) is 0 Å². The van der Waals surface area contributed by atoms with Crippen LogP contribution >= 0.6 is 11.3 Å². The molecule has 0 saturated carbocycles. The molecule has 1 aromatic carbocycles. The lowest BCUT2D eigenvalue weighted by atomic mass is 9.90. The summed E-state index contributed by atoms with van der Waals surface area (Å²) >= 11 is 1.49. The Morgan fingerprint density at radius 1 is 1.25 bits per heavy atom. The summed E-state index contributed by atoms with van der Waals surface area (Å²) < 4.78 is 5.56. The van der Waals surface area contributed by atoms with E-state index in [0.29, 0.717) is 16.0 Å². The van der Waals surface area contributed by atoms with Crippen LogP contribution in [0, 0.1) is 13.8 Å². The van der Waals surface area contributed by atoms with Gasteiger partial charge in [-0.3, -0.25) is 9.59 Å². The van der Waals surface area contributed by atoms with E-state index in [-0.39, 0.29) is 17.9 Å². The summed E-state index contributed by atoms with van der Waals surface area (Å²) in [6, 6.07) is 6.28. The molecule has 0 spiro atoms. The molecular formula is C22H24N2O3S. The fourth-order valence-electron chi connectivity index (χ4n) is 3.82. The molecule has 0 radical (unpaired) electrons. The molecule has 2 aromatic heterocycles. The zero-order valence-corrected chi connectivity index (χ0v) is 17.2. The SMILES string of the molecule is Cc1sc2nc([C@H](C)OC(=O)Cc3ccc4c(c3)CCCC4)[nH]c(=O)c2c1C. The molecule has 146 valence electrons. The molecule has 1 aliphatic carbocycles. The maximum atomic E-state index is 12.4. The van der Waals surface area contributed by atoms with Crippen molar-refractivity contribution < 1.29 is 9.53 Å². The number of aromatic nitrogens is 2.